The van der Waals surface area contributed by atoms with Crippen LogP contribution in [0.2, 0.25) is 0 Å². The summed E-state index contributed by atoms with van der Waals surface area (Å²) in [5, 5.41) is 0. The zero-order valence-corrected chi connectivity index (χ0v) is 14.0. The van der Waals surface area contributed by atoms with E-state index >= 15 is 0 Å². The summed E-state index contributed by atoms with van der Waals surface area (Å²) in [5.41, 5.74) is 1.34. The third-order valence-corrected chi connectivity index (χ3v) is 4.71. The highest BCUT2D eigenvalue weighted by molar-refractivity contribution is 5.77. The second-order valence-corrected chi connectivity index (χ2v) is 6.84. The first-order chi connectivity index (χ1) is 11.1. The molecular weight excluding hydrogens is 294 g/mol. The van der Waals surface area contributed by atoms with Gasteiger partial charge in [-0.1, -0.05) is 13.0 Å². The summed E-state index contributed by atoms with van der Waals surface area (Å²) in [6.45, 7) is 4.86. The van der Waals surface area contributed by atoms with Gasteiger partial charge in [0.25, 0.3) is 0 Å². The summed E-state index contributed by atoms with van der Waals surface area (Å²) >= 11 is 0. The highest BCUT2D eigenvalue weighted by atomic mass is 16.7. The van der Waals surface area contributed by atoms with Crippen molar-refractivity contribution in [2.45, 2.75) is 32.6 Å². The van der Waals surface area contributed by atoms with Crippen LogP contribution in [0, 0.1) is 5.41 Å². The Bertz CT molecular complexity index is 574. The predicted octanol–water partition coefficient (Wildman–Crippen LogP) is 2.62. The fraction of sp³-hybridized carbons (Fsp3) is 0.611. The van der Waals surface area contributed by atoms with E-state index in [9.17, 15) is 4.79 Å². The fourth-order valence-corrected chi connectivity index (χ4v) is 3.49. The molecule has 1 fully saturated rings. The summed E-state index contributed by atoms with van der Waals surface area (Å²) in [6, 6.07) is 6.15. The molecule has 1 saturated heterocycles. The Kier molecular flexibility index (Phi) is 4.76. The highest BCUT2D eigenvalue weighted by Crippen LogP contribution is 2.37. The zero-order chi connectivity index (χ0) is 16.3. The van der Waals surface area contributed by atoms with Crippen LogP contribution in [0.15, 0.2) is 18.2 Å². The lowest BCUT2D eigenvalue weighted by molar-refractivity contribution is -0.137. The van der Waals surface area contributed by atoms with E-state index in [0.29, 0.717) is 19.8 Å². The predicted molar refractivity (Wildman–Crippen MR) is 86.7 cm³/mol. The Balaban J connectivity index is 1.65. The van der Waals surface area contributed by atoms with Crippen LogP contribution in [0.3, 0.4) is 0 Å². The number of ether oxygens (including phenoxy) is 3. The number of fused-ring (bicyclic) bond motifs is 1. The SMILES string of the molecule is COCCCN1C[C@](C)(Cc2ccc3c(c2)OCO3)CCC1=O. The molecule has 126 valence electrons. The molecule has 0 N–H and O–H groups in total. The normalized spacial score (nSPS) is 23.4. The lowest BCUT2D eigenvalue weighted by atomic mass is 9.76. The van der Waals surface area contributed by atoms with Gasteiger partial charge in [-0.15, -0.1) is 0 Å². The Morgan fingerprint density at radius 1 is 1.30 bits per heavy atom. The van der Waals surface area contributed by atoms with Gasteiger partial charge in [-0.2, -0.15) is 0 Å². The Morgan fingerprint density at radius 3 is 2.96 bits per heavy atom. The molecule has 3 rings (SSSR count). The van der Waals surface area contributed by atoms with Crippen molar-refractivity contribution in [1.82, 2.24) is 4.90 Å². The van der Waals surface area contributed by atoms with Crippen LogP contribution in [-0.2, 0) is 16.0 Å². The summed E-state index contributed by atoms with van der Waals surface area (Å²) in [4.78, 5) is 14.1. The number of nitrogens with zero attached hydrogens (tertiary/aromatic N) is 1. The van der Waals surface area contributed by atoms with Crippen LogP contribution in [-0.4, -0.2) is 44.4 Å². The van der Waals surface area contributed by atoms with Crippen LogP contribution in [0.4, 0.5) is 0 Å². The van der Waals surface area contributed by atoms with E-state index < -0.39 is 0 Å². The van der Waals surface area contributed by atoms with Crippen molar-refractivity contribution in [1.29, 1.82) is 0 Å². The van der Waals surface area contributed by atoms with E-state index in [-0.39, 0.29) is 11.3 Å². The van der Waals surface area contributed by atoms with Crippen molar-refractivity contribution in [3.8, 4) is 11.5 Å². The second kappa shape index (κ2) is 6.79. The number of carbonyl (C=O) groups is 1. The minimum atomic E-state index is 0.106. The highest BCUT2D eigenvalue weighted by Gasteiger charge is 2.35. The maximum Gasteiger partial charge on any atom is 0.231 e. The van der Waals surface area contributed by atoms with E-state index in [1.54, 1.807) is 7.11 Å². The molecule has 0 aliphatic carbocycles. The average Bonchev–Trinajstić information content (AvgIpc) is 2.99. The largest absolute Gasteiger partial charge is 0.454 e. The third-order valence-electron chi connectivity index (χ3n) is 4.71. The third kappa shape index (κ3) is 3.78. The first kappa shape index (κ1) is 16.1. The van der Waals surface area contributed by atoms with Crippen molar-refractivity contribution in [3.63, 3.8) is 0 Å². The van der Waals surface area contributed by atoms with Crippen molar-refractivity contribution in [2.24, 2.45) is 5.41 Å². The van der Waals surface area contributed by atoms with E-state index in [1.165, 1.54) is 5.56 Å². The van der Waals surface area contributed by atoms with Crippen molar-refractivity contribution >= 4 is 5.91 Å². The van der Waals surface area contributed by atoms with Crippen LogP contribution in [0.5, 0.6) is 11.5 Å². The molecule has 0 spiro atoms. The van der Waals surface area contributed by atoms with E-state index in [0.717, 1.165) is 43.9 Å². The zero-order valence-electron chi connectivity index (χ0n) is 14.0. The number of benzene rings is 1. The summed E-state index contributed by atoms with van der Waals surface area (Å²) in [7, 11) is 1.70. The molecule has 2 heterocycles. The molecule has 5 nitrogen and oxygen atoms in total. The van der Waals surface area contributed by atoms with Crippen molar-refractivity contribution < 1.29 is 19.0 Å². The van der Waals surface area contributed by atoms with Crippen LogP contribution in [0.25, 0.3) is 0 Å². The van der Waals surface area contributed by atoms with E-state index in [2.05, 4.69) is 19.1 Å². The molecule has 0 radical (unpaired) electrons. The maximum absolute atomic E-state index is 12.1. The monoisotopic (exact) mass is 319 g/mol. The molecule has 0 aromatic heterocycles. The quantitative estimate of drug-likeness (QED) is 0.756. The van der Waals surface area contributed by atoms with Crippen molar-refractivity contribution in [3.05, 3.63) is 23.8 Å². The van der Waals surface area contributed by atoms with Gasteiger partial charge >= 0.3 is 0 Å². The number of hydrogen-bond acceptors (Lipinski definition) is 4. The van der Waals surface area contributed by atoms with E-state index in [4.69, 9.17) is 14.2 Å². The molecule has 0 unspecified atom stereocenters. The smallest absolute Gasteiger partial charge is 0.231 e. The minimum absolute atomic E-state index is 0.106. The van der Waals surface area contributed by atoms with Gasteiger partial charge in [0.2, 0.25) is 12.7 Å². The van der Waals surface area contributed by atoms with Crippen LogP contribution < -0.4 is 9.47 Å². The van der Waals surface area contributed by atoms with Gasteiger partial charge in [-0.05, 0) is 42.4 Å². The maximum atomic E-state index is 12.1. The summed E-state index contributed by atoms with van der Waals surface area (Å²) in [6.07, 6.45) is 3.40. The first-order valence-electron chi connectivity index (χ1n) is 8.25. The molecule has 1 aromatic rings. The van der Waals surface area contributed by atoms with Crippen LogP contribution >= 0.6 is 0 Å². The number of piperidine rings is 1. The van der Waals surface area contributed by atoms with Gasteiger partial charge in [-0.3, -0.25) is 4.79 Å². The van der Waals surface area contributed by atoms with Gasteiger partial charge in [-0.25, -0.2) is 0 Å². The lowest BCUT2D eigenvalue weighted by Gasteiger charge is -2.40. The van der Waals surface area contributed by atoms with Crippen molar-refractivity contribution in [2.75, 3.05) is 33.6 Å². The molecule has 1 atom stereocenters. The first-order valence-corrected chi connectivity index (χ1v) is 8.25. The topological polar surface area (TPSA) is 48.0 Å². The molecule has 1 aromatic carbocycles. The number of carbonyl (C=O) groups excluding carboxylic acids is 1. The molecule has 0 saturated carbocycles. The fourth-order valence-electron chi connectivity index (χ4n) is 3.49. The Labute approximate surface area is 137 Å². The van der Waals surface area contributed by atoms with Gasteiger partial charge in [0, 0.05) is 33.2 Å². The molecule has 1 amide bonds. The second-order valence-electron chi connectivity index (χ2n) is 6.84. The minimum Gasteiger partial charge on any atom is -0.454 e. The standard InChI is InChI=1S/C18H25NO4/c1-18(7-6-17(20)19(12-18)8-3-9-21-2)11-14-4-5-15-16(10-14)23-13-22-15/h4-5,10H,3,6-9,11-13H2,1-2H3/t18-/m0/s1. The van der Waals surface area contributed by atoms with Gasteiger partial charge < -0.3 is 19.1 Å². The molecule has 2 aliphatic rings. The number of methoxy groups -OCH3 is 1. The van der Waals surface area contributed by atoms with Gasteiger partial charge in [0.15, 0.2) is 11.5 Å². The Morgan fingerprint density at radius 2 is 2.13 bits per heavy atom. The van der Waals surface area contributed by atoms with Gasteiger partial charge in [0.05, 0.1) is 0 Å². The van der Waals surface area contributed by atoms with E-state index in [1.807, 2.05) is 11.0 Å². The summed E-state index contributed by atoms with van der Waals surface area (Å²) < 4.78 is 15.9. The molecule has 5 heteroatoms. The van der Waals surface area contributed by atoms with Gasteiger partial charge in [0.1, 0.15) is 0 Å². The number of amides is 1. The Hall–Kier alpha value is -1.75. The average molecular weight is 319 g/mol. The number of hydrogen-bond donors (Lipinski definition) is 0. The molecular formula is C18H25NO4. The molecule has 23 heavy (non-hydrogen) atoms. The number of likely N-dealkylation sites (tertiary alicyclic amines) is 1. The molecule has 0 bridgehead atoms. The van der Waals surface area contributed by atoms with Crippen LogP contribution in [0.1, 0.15) is 31.7 Å². The molecule has 2 aliphatic heterocycles. The number of rotatable bonds is 6. The lowest BCUT2D eigenvalue weighted by Crippen LogP contribution is -2.46. The summed E-state index contributed by atoms with van der Waals surface area (Å²) in [5.74, 6) is 1.91.